The predicted molar refractivity (Wildman–Crippen MR) is 81.1 cm³/mol. The van der Waals surface area contributed by atoms with Crippen LogP contribution in [0, 0.1) is 0 Å². The van der Waals surface area contributed by atoms with E-state index in [1.54, 1.807) is 7.05 Å². The van der Waals surface area contributed by atoms with Crippen molar-refractivity contribution in [3.05, 3.63) is 29.8 Å². The van der Waals surface area contributed by atoms with Crippen molar-refractivity contribution >= 4 is 11.6 Å². The Hall–Kier alpha value is -1.55. The van der Waals surface area contributed by atoms with Crippen molar-refractivity contribution in [3.63, 3.8) is 0 Å². The zero-order valence-corrected chi connectivity index (χ0v) is 12.5. The van der Waals surface area contributed by atoms with Crippen molar-refractivity contribution in [2.24, 2.45) is 0 Å². The molecule has 0 saturated carbocycles. The first-order valence-electron chi connectivity index (χ1n) is 7.29. The number of carbonyl (C=O) groups is 1. The summed E-state index contributed by atoms with van der Waals surface area (Å²) in [5.41, 5.74) is 1.73. The Morgan fingerprint density at radius 1 is 1.40 bits per heavy atom. The number of anilines is 1. The number of carbonyl (C=O) groups excluding carboxylic acids is 1. The molecule has 20 heavy (non-hydrogen) atoms. The highest BCUT2D eigenvalue weighted by molar-refractivity contribution is 5.94. The van der Waals surface area contributed by atoms with E-state index in [0.717, 1.165) is 31.6 Å². The minimum atomic E-state index is -0.0545. The summed E-state index contributed by atoms with van der Waals surface area (Å²) in [5, 5.41) is 6.17. The molecule has 0 radical (unpaired) electrons. The first-order chi connectivity index (χ1) is 9.56. The van der Waals surface area contributed by atoms with Crippen LogP contribution in [0.4, 0.5) is 5.69 Å². The number of nitrogens with one attached hydrogen (secondary N) is 2. The van der Waals surface area contributed by atoms with Gasteiger partial charge < -0.3 is 15.4 Å². The normalized spacial score (nSPS) is 26.1. The van der Waals surface area contributed by atoms with Crippen molar-refractivity contribution in [2.45, 2.75) is 44.8 Å². The SMILES string of the molecule is CCC1(C)CC(Nc2ccc(C(=O)NC)cc2)CCO1. The molecule has 2 unspecified atom stereocenters. The third-order valence-corrected chi connectivity index (χ3v) is 4.09. The molecule has 1 amide bonds. The quantitative estimate of drug-likeness (QED) is 0.889. The maximum atomic E-state index is 11.5. The molecule has 1 aliphatic heterocycles. The van der Waals surface area contributed by atoms with Crippen LogP contribution in [0.25, 0.3) is 0 Å². The number of amides is 1. The fraction of sp³-hybridized carbons (Fsp3) is 0.562. The average Bonchev–Trinajstić information content (AvgIpc) is 2.47. The van der Waals surface area contributed by atoms with Gasteiger partial charge in [-0.05, 0) is 50.5 Å². The van der Waals surface area contributed by atoms with Crippen LogP contribution < -0.4 is 10.6 Å². The van der Waals surface area contributed by atoms with Gasteiger partial charge in [0.15, 0.2) is 0 Å². The molecule has 1 aromatic carbocycles. The van der Waals surface area contributed by atoms with E-state index in [9.17, 15) is 4.79 Å². The topological polar surface area (TPSA) is 50.4 Å². The van der Waals surface area contributed by atoms with Crippen LogP contribution in [0.1, 0.15) is 43.5 Å². The van der Waals surface area contributed by atoms with E-state index in [-0.39, 0.29) is 11.5 Å². The molecule has 0 aliphatic carbocycles. The van der Waals surface area contributed by atoms with Gasteiger partial charge in [0.25, 0.3) is 5.91 Å². The Bertz CT molecular complexity index is 458. The minimum absolute atomic E-state index is 0.0159. The number of rotatable bonds is 4. The number of ether oxygens (including phenoxy) is 1. The summed E-state index contributed by atoms with van der Waals surface area (Å²) >= 11 is 0. The second-order valence-corrected chi connectivity index (χ2v) is 5.64. The number of hydrogen-bond donors (Lipinski definition) is 2. The summed E-state index contributed by atoms with van der Waals surface area (Å²) < 4.78 is 5.85. The third kappa shape index (κ3) is 3.51. The molecular weight excluding hydrogens is 252 g/mol. The van der Waals surface area contributed by atoms with Gasteiger partial charge in [0, 0.05) is 30.9 Å². The molecule has 2 rings (SSSR count). The van der Waals surface area contributed by atoms with Crippen LogP contribution in [0.5, 0.6) is 0 Å². The summed E-state index contributed by atoms with van der Waals surface area (Å²) in [5.74, 6) is -0.0545. The standard InChI is InChI=1S/C16H24N2O2/c1-4-16(2)11-14(9-10-20-16)18-13-7-5-12(6-8-13)15(19)17-3/h5-8,14,18H,4,9-11H2,1-3H3,(H,17,19). The summed E-state index contributed by atoms with van der Waals surface area (Å²) in [7, 11) is 1.64. The molecular formula is C16H24N2O2. The molecule has 0 spiro atoms. The first kappa shape index (κ1) is 14.9. The van der Waals surface area contributed by atoms with Crippen molar-refractivity contribution < 1.29 is 9.53 Å². The number of hydrogen-bond acceptors (Lipinski definition) is 3. The minimum Gasteiger partial charge on any atom is -0.382 e. The van der Waals surface area contributed by atoms with E-state index >= 15 is 0 Å². The summed E-state index contributed by atoms with van der Waals surface area (Å²) in [6.45, 7) is 5.15. The van der Waals surface area contributed by atoms with Crippen LogP contribution >= 0.6 is 0 Å². The third-order valence-electron chi connectivity index (χ3n) is 4.09. The highest BCUT2D eigenvalue weighted by Crippen LogP contribution is 2.29. The fourth-order valence-electron chi connectivity index (χ4n) is 2.60. The summed E-state index contributed by atoms with van der Waals surface area (Å²) in [6, 6.07) is 8.05. The maximum Gasteiger partial charge on any atom is 0.251 e. The Labute approximate surface area is 120 Å². The lowest BCUT2D eigenvalue weighted by Gasteiger charge is -2.38. The summed E-state index contributed by atoms with van der Waals surface area (Å²) in [6.07, 6.45) is 3.06. The number of benzene rings is 1. The van der Waals surface area contributed by atoms with Gasteiger partial charge in [-0.1, -0.05) is 6.92 Å². The molecule has 0 bridgehead atoms. The highest BCUT2D eigenvalue weighted by Gasteiger charge is 2.31. The largest absolute Gasteiger partial charge is 0.382 e. The van der Waals surface area contributed by atoms with Crippen molar-refractivity contribution in [2.75, 3.05) is 19.0 Å². The molecule has 0 aromatic heterocycles. The Balaban J connectivity index is 1.98. The van der Waals surface area contributed by atoms with Crippen LogP contribution in [0.3, 0.4) is 0 Å². The highest BCUT2D eigenvalue weighted by atomic mass is 16.5. The molecule has 2 N–H and O–H groups in total. The van der Waals surface area contributed by atoms with Crippen LogP contribution in [0.2, 0.25) is 0 Å². The predicted octanol–water partition coefficient (Wildman–Crippen LogP) is 2.81. The van der Waals surface area contributed by atoms with E-state index in [0.29, 0.717) is 11.6 Å². The Morgan fingerprint density at radius 2 is 2.10 bits per heavy atom. The van der Waals surface area contributed by atoms with E-state index in [1.165, 1.54) is 0 Å². The second-order valence-electron chi connectivity index (χ2n) is 5.64. The van der Waals surface area contributed by atoms with Gasteiger partial charge in [0.2, 0.25) is 0 Å². The Morgan fingerprint density at radius 3 is 2.70 bits per heavy atom. The zero-order valence-electron chi connectivity index (χ0n) is 12.5. The van der Waals surface area contributed by atoms with Gasteiger partial charge in [-0.3, -0.25) is 4.79 Å². The molecule has 2 atom stereocenters. The van der Waals surface area contributed by atoms with Crippen LogP contribution in [-0.4, -0.2) is 31.2 Å². The Kier molecular flexibility index (Phi) is 4.65. The van der Waals surface area contributed by atoms with Gasteiger partial charge in [-0.2, -0.15) is 0 Å². The van der Waals surface area contributed by atoms with E-state index in [2.05, 4.69) is 24.5 Å². The average molecular weight is 276 g/mol. The second kappa shape index (κ2) is 6.27. The van der Waals surface area contributed by atoms with Crippen LogP contribution in [0.15, 0.2) is 24.3 Å². The molecule has 4 heteroatoms. The molecule has 1 aromatic rings. The lowest BCUT2D eigenvalue weighted by molar-refractivity contribution is -0.0708. The van der Waals surface area contributed by atoms with Crippen LogP contribution in [-0.2, 0) is 4.74 Å². The molecule has 4 nitrogen and oxygen atoms in total. The smallest absolute Gasteiger partial charge is 0.251 e. The maximum absolute atomic E-state index is 11.5. The lowest BCUT2D eigenvalue weighted by atomic mass is 9.90. The van der Waals surface area contributed by atoms with E-state index in [1.807, 2.05) is 24.3 Å². The fourth-order valence-corrected chi connectivity index (χ4v) is 2.60. The van der Waals surface area contributed by atoms with Crippen molar-refractivity contribution in [1.29, 1.82) is 0 Å². The molecule has 110 valence electrons. The van der Waals surface area contributed by atoms with Crippen molar-refractivity contribution in [1.82, 2.24) is 5.32 Å². The first-order valence-corrected chi connectivity index (χ1v) is 7.29. The van der Waals surface area contributed by atoms with E-state index < -0.39 is 0 Å². The van der Waals surface area contributed by atoms with E-state index in [4.69, 9.17) is 4.74 Å². The van der Waals surface area contributed by atoms with Gasteiger partial charge in [-0.15, -0.1) is 0 Å². The molecule has 1 saturated heterocycles. The van der Waals surface area contributed by atoms with Crippen molar-refractivity contribution in [3.8, 4) is 0 Å². The molecule has 1 aliphatic rings. The van der Waals surface area contributed by atoms with Gasteiger partial charge >= 0.3 is 0 Å². The monoisotopic (exact) mass is 276 g/mol. The molecule has 1 heterocycles. The summed E-state index contributed by atoms with van der Waals surface area (Å²) in [4.78, 5) is 11.5. The van der Waals surface area contributed by atoms with Gasteiger partial charge in [0.05, 0.1) is 5.60 Å². The van der Waals surface area contributed by atoms with Gasteiger partial charge in [0.1, 0.15) is 0 Å². The zero-order chi connectivity index (χ0) is 14.6. The molecule has 1 fully saturated rings. The van der Waals surface area contributed by atoms with Gasteiger partial charge in [-0.25, -0.2) is 0 Å². The lowest BCUT2D eigenvalue weighted by Crippen LogP contribution is -2.41.